The molecular formula is C27H25N5O2. The number of fused-ring (bicyclic) bond motifs is 1. The van der Waals surface area contributed by atoms with Crippen molar-refractivity contribution in [2.24, 2.45) is 0 Å². The second-order valence-corrected chi connectivity index (χ2v) is 8.23. The molecule has 1 atom stereocenters. The van der Waals surface area contributed by atoms with Crippen molar-refractivity contribution < 1.29 is 9.53 Å². The Morgan fingerprint density at radius 2 is 1.74 bits per heavy atom. The fourth-order valence-corrected chi connectivity index (χ4v) is 4.08. The number of ether oxygens (including phenoxy) is 1. The largest absolute Gasteiger partial charge is 0.489 e. The molecule has 1 unspecified atom stereocenters. The van der Waals surface area contributed by atoms with Crippen LogP contribution in [0.25, 0.3) is 0 Å². The summed E-state index contributed by atoms with van der Waals surface area (Å²) in [7, 11) is 0. The second-order valence-electron chi connectivity index (χ2n) is 8.23. The van der Waals surface area contributed by atoms with Crippen LogP contribution in [0.2, 0.25) is 0 Å². The molecule has 7 heteroatoms. The first kappa shape index (κ1) is 21.5. The predicted molar refractivity (Wildman–Crippen MR) is 132 cm³/mol. The number of carbonyl (C=O) groups is 1. The Kier molecular flexibility index (Phi) is 5.82. The number of aromatic nitrogens is 3. The number of rotatable bonds is 6. The van der Waals surface area contributed by atoms with Gasteiger partial charge in [0.15, 0.2) is 0 Å². The molecule has 3 aromatic carbocycles. The van der Waals surface area contributed by atoms with Crippen LogP contribution in [0.1, 0.15) is 29.7 Å². The van der Waals surface area contributed by atoms with Gasteiger partial charge in [0.2, 0.25) is 5.95 Å². The summed E-state index contributed by atoms with van der Waals surface area (Å²) in [5.41, 5.74) is 5.02. The quantitative estimate of drug-likeness (QED) is 0.427. The number of nitrogens with one attached hydrogen (secondary N) is 2. The van der Waals surface area contributed by atoms with Gasteiger partial charge in [-0.3, -0.25) is 4.79 Å². The maximum absolute atomic E-state index is 13.6. The monoisotopic (exact) mass is 451 g/mol. The molecule has 0 saturated carbocycles. The zero-order valence-corrected chi connectivity index (χ0v) is 19.0. The van der Waals surface area contributed by atoms with Crippen LogP contribution in [0, 0.1) is 6.92 Å². The van der Waals surface area contributed by atoms with E-state index in [1.165, 1.54) is 6.33 Å². The Morgan fingerprint density at radius 1 is 1.00 bits per heavy atom. The maximum atomic E-state index is 13.6. The minimum atomic E-state index is -0.504. The fourth-order valence-electron chi connectivity index (χ4n) is 4.08. The minimum absolute atomic E-state index is 0.210. The molecule has 34 heavy (non-hydrogen) atoms. The highest BCUT2D eigenvalue weighted by Crippen LogP contribution is 2.39. The van der Waals surface area contributed by atoms with Crippen LogP contribution in [0.15, 0.2) is 96.5 Å². The minimum Gasteiger partial charge on any atom is -0.489 e. The van der Waals surface area contributed by atoms with Crippen molar-refractivity contribution in [2.45, 2.75) is 26.5 Å². The van der Waals surface area contributed by atoms with Gasteiger partial charge in [0.25, 0.3) is 5.91 Å². The van der Waals surface area contributed by atoms with Gasteiger partial charge in [-0.25, -0.2) is 4.68 Å². The molecule has 170 valence electrons. The molecule has 0 spiro atoms. The fraction of sp³-hybridized carbons (Fsp3) is 0.148. The number of benzene rings is 3. The molecule has 1 amide bonds. The van der Waals surface area contributed by atoms with Crippen LogP contribution in [0.5, 0.6) is 5.75 Å². The number of nitrogens with zero attached hydrogens (tertiary/aromatic N) is 3. The Bertz CT molecular complexity index is 1340. The van der Waals surface area contributed by atoms with E-state index in [1.54, 1.807) is 4.68 Å². The molecule has 0 fully saturated rings. The van der Waals surface area contributed by atoms with E-state index in [9.17, 15) is 4.79 Å². The zero-order valence-electron chi connectivity index (χ0n) is 19.0. The molecule has 5 rings (SSSR count). The molecule has 2 heterocycles. The molecule has 7 nitrogen and oxygen atoms in total. The summed E-state index contributed by atoms with van der Waals surface area (Å²) in [5, 5.41) is 10.7. The number of hydrogen-bond acceptors (Lipinski definition) is 5. The summed E-state index contributed by atoms with van der Waals surface area (Å²) < 4.78 is 7.95. The highest BCUT2D eigenvalue weighted by atomic mass is 16.5. The lowest BCUT2D eigenvalue weighted by Crippen LogP contribution is -2.31. The van der Waals surface area contributed by atoms with Crippen molar-refractivity contribution in [3.8, 4) is 5.75 Å². The SMILES string of the molecule is CC1=C(C(=O)Nc2ccc(C)cc2)C(c2ccccc2OCc2ccccc2)n2ncnc2N1. The first-order valence-electron chi connectivity index (χ1n) is 11.1. The van der Waals surface area contributed by atoms with Crippen molar-refractivity contribution in [3.63, 3.8) is 0 Å². The zero-order chi connectivity index (χ0) is 23.5. The maximum Gasteiger partial charge on any atom is 0.255 e. The predicted octanol–water partition coefficient (Wildman–Crippen LogP) is 5.09. The number of amides is 1. The van der Waals surface area contributed by atoms with Gasteiger partial charge in [0.1, 0.15) is 24.7 Å². The molecule has 1 aliphatic rings. The van der Waals surface area contributed by atoms with E-state index in [2.05, 4.69) is 20.7 Å². The molecule has 0 bridgehead atoms. The Hall–Kier alpha value is -4.39. The molecule has 2 N–H and O–H groups in total. The molecule has 0 radical (unpaired) electrons. The number of para-hydroxylation sites is 1. The second kappa shape index (κ2) is 9.23. The van der Waals surface area contributed by atoms with Crippen LogP contribution >= 0.6 is 0 Å². The van der Waals surface area contributed by atoms with Crippen LogP contribution in [-0.4, -0.2) is 20.7 Å². The summed E-state index contributed by atoms with van der Waals surface area (Å²) >= 11 is 0. The highest BCUT2D eigenvalue weighted by molar-refractivity contribution is 6.06. The topological polar surface area (TPSA) is 81.1 Å². The lowest BCUT2D eigenvalue weighted by Gasteiger charge is -2.29. The van der Waals surface area contributed by atoms with Crippen LogP contribution < -0.4 is 15.4 Å². The molecule has 1 aliphatic heterocycles. The summed E-state index contributed by atoms with van der Waals surface area (Å²) in [6, 6.07) is 25.0. The molecule has 4 aromatic rings. The van der Waals surface area contributed by atoms with E-state index in [0.717, 1.165) is 22.4 Å². The molecule has 0 saturated heterocycles. The standard InChI is InChI=1S/C27H25N5O2/c1-18-12-14-21(15-13-18)31-26(33)24-19(2)30-27-28-17-29-32(27)25(24)22-10-6-7-11-23(22)34-16-20-8-4-3-5-9-20/h3-15,17,25H,16H2,1-2H3,(H,31,33)(H,28,29,30). The van der Waals surface area contributed by atoms with Crippen molar-refractivity contribution >= 4 is 17.5 Å². The summed E-state index contributed by atoms with van der Waals surface area (Å²) in [4.78, 5) is 17.9. The average molecular weight is 452 g/mol. The molecule has 0 aliphatic carbocycles. The van der Waals surface area contributed by atoms with Gasteiger partial charge in [-0.1, -0.05) is 66.2 Å². The normalized spacial score (nSPS) is 14.8. The number of carbonyl (C=O) groups excluding carboxylic acids is 1. The van der Waals surface area contributed by atoms with Crippen molar-refractivity contribution in [2.75, 3.05) is 10.6 Å². The van der Waals surface area contributed by atoms with Gasteiger partial charge in [0, 0.05) is 16.9 Å². The van der Waals surface area contributed by atoms with Crippen LogP contribution in [0.3, 0.4) is 0 Å². The van der Waals surface area contributed by atoms with E-state index in [1.807, 2.05) is 92.7 Å². The third-order valence-corrected chi connectivity index (χ3v) is 5.80. The van der Waals surface area contributed by atoms with Crippen molar-refractivity contribution in [1.82, 2.24) is 14.8 Å². The molecular weight excluding hydrogens is 426 g/mol. The van der Waals surface area contributed by atoms with Gasteiger partial charge in [-0.05, 0) is 37.6 Å². The van der Waals surface area contributed by atoms with Gasteiger partial charge in [-0.15, -0.1) is 0 Å². The van der Waals surface area contributed by atoms with Crippen molar-refractivity contribution in [3.05, 3.63) is 113 Å². The number of aryl methyl sites for hydroxylation is 1. The van der Waals surface area contributed by atoms with Gasteiger partial charge < -0.3 is 15.4 Å². The van der Waals surface area contributed by atoms with Crippen LogP contribution in [0.4, 0.5) is 11.6 Å². The summed E-state index contributed by atoms with van der Waals surface area (Å²) in [6.45, 7) is 4.31. The Morgan fingerprint density at radius 3 is 2.53 bits per heavy atom. The van der Waals surface area contributed by atoms with Gasteiger partial charge in [0.05, 0.1) is 5.57 Å². The van der Waals surface area contributed by atoms with E-state index in [-0.39, 0.29) is 5.91 Å². The summed E-state index contributed by atoms with van der Waals surface area (Å²) in [5.74, 6) is 1.05. The Labute approximate surface area is 198 Å². The highest BCUT2D eigenvalue weighted by Gasteiger charge is 2.35. The molecule has 1 aromatic heterocycles. The Balaban J connectivity index is 1.52. The summed E-state index contributed by atoms with van der Waals surface area (Å²) in [6.07, 6.45) is 1.48. The van der Waals surface area contributed by atoms with E-state index in [0.29, 0.717) is 29.6 Å². The third-order valence-electron chi connectivity index (χ3n) is 5.80. The van der Waals surface area contributed by atoms with E-state index >= 15 is 0 Å². The number of anilines is 2. The first-order chi connectivity index (χ1) is 16.6. The lowest BCUT2D eigenvalue weighted by atomic mass is 9.94. The van der Waals surface area contributed by atoms with Crippen LogP contribution in [-0.2, 0) is 11.4 Å². The smallest absolute Gasteiger partial charge is 0.255 e. The van der Waals surface area contributed by atoms with Gasteiger partial charge >= 0.3 is 0 Å². The van der Waals surface area contributed by atoms with E-state index in [4.69, 9.17) is 4.74 Å². The van der Waals surface area contributed by atoms with Crippen molar-refractivity contribution in [1.29, 1.82) is 0 Å². The van der Waals surface area contributed by atoms with Gasteiger partial charge in [-0.2, -0.15) is 10.1 Å². The first-order valence-corrected chi connectivity index (χ1v) is 11.1. The number of allylic oxidation sites excluding steroid dienone is 1. The average Bonchev–Trinajstić information content (AvgIpc) is 3.32. The third kappa shape index (κ3) is 4.28. The lowest BCUT2D eigenvalue weighted by molar-refractivity contribution is -0.113. The number of hydrogen-bond donors (Lipinski definition) is 2. The van der Waals surface area contributed by atoms with E-state index < -0.39 is 6.04 Å².